The zero-order chi connectivity index (χ0) is 33.0. The second kappa shape index (κ2) is 12.2. The number of nitrogens with zero attached hydrogens (tertiary/aromatic N) is 4. The van der Waals surface area contributed by atoms with Crippen LogP contribution in [0.2, 0.25) is 10.0 Å². The van der Waals surface area contributed by atoms with Gasteiger partial charge in [-0.25, -0.2) is 4.79 Å². The van der Waals surface area contributed by atoms with Crippen molar-refractivity contribution in [2.24, 2.45) is 7.05 Å². The summed E-state index contributed by atoms with van der Waals surface area (Å²) in [4.78, 5) is 28.0. The average Bonchev–Trinajstić information content (AvgIpc) is 3.48. The van der Waals surface area contributed by atoms with Crippen molar-refractivity contribution in [1.29, 1.82) is 0 Å². The second-order valence-electron chi connectivity index (χ2n) is 12.1. The molecular weight excluding hydrogens is 623 g/mol. The fraction of sp³-hybridized carbons (Fsp3) is 0.306. The first-order valence-electron chi connectivity index (χ1n) is 15.3. The monoisotopic (exact) mass is 658 g/mol. The smallest absolute Gasteiger partial charge is 0.335 e. The Bertz CT molecular complexity index is 2020. The van der Waals surface area contributed by atoms with Crippen molar-refractivity contribution in [3.8, 4) is 16.9 Å². The van der Waals surface area contributed by atoms with E-state index in [4.69, 9.17) is 27.9 Å². The number of carbonyl (C=O) groups excluding carboxylic acids is 1. The molecule has 2 aromatic heterocycles. The lowest BCUT2D eigenvalue weighted by Gasteiger charge is -2.34. The summed E-state index contributed by atoms with van der Waals surface area (Å²) < 4.78 is 10.1. The second-order valence-corrected chi connectivity index (χ2v) is 12.9. The van der Waals surface area contributed by atoms with Gasteiger partial charge in [0.1, 0.15) is 11.4 Å². The minimum Gasteiger partial charge on any atom is -0.494 e. The van der Waals surface area contributed by atoms with Crippen molar-refractivity contribution in [3.05, 3.63) is 97.9 Å². The Kier molecular flexibility index (Phi) is 8.38. The first-order chi connectivity index (χ1) is 21.9. The molecule has 8 nitrogen and oxygen atoms in total. The highest BCUT2D eigenvalue weighted by Gasteiger charge is 2.37. The number of benzene rings is 3. The third-order valence-electron chi connectivity index (χ3n) is 8.97. The van der Waals surface area contributed by atoms with Crippen LogP contribution in [0.5, 0.6) is 5.75 Å². The van der Waals surface area contributed by atoms with E-state index in [0.717, 1.165) is 60.9 Å². The van der Waals surface area contributed by atoms with Crippen LogP contribution in [0.15, 0.2) is 48.5 Å². The number of halogens is 2. The van der Waals surface area contributed by atoms with Gasteiger partial charge in [0.2, 0.25) is 0 Å². The van der Waals surface area contributed by atoms with Crippen LogP contribution in [0, 0.1) is 27.7 Å². The molecule has 6 rings (SSSR count). The van der Waals surface area contributed by atoms with Gasteiger partial charge in [0.05, 0.1) is 28.4 Å². The van der Waals surface area contributed by atoms with Gasteiger partial charge in [-0.15, -0.1) is 0 Å². The number of anilines is 1. The number of rotatable bonds is 8. The molecular formula is C36H36Cl2N4O4. The van der Waals surface area contributed by atoms with Crippen LogP contribution in [0.3, 0.4) is 0 Å². The number of carboxylic acid groups (broad SMARTS) is 1. The van der Waals surface area contributed by atoms with Crippen molar-refractivity contribution in [2.75, 3.05) is 18.1 Å². The first-order valence-corrected chi connectivity index (χ1v) is 16.0. The molecule has 1 amide bonds. The normalized spacial score (nSPS) is 14.7. The molecule has 0 fully saturated rings. The number of amides is 1. The minimum absolute atomic E-state index is 0.130. The highest BCUT2D eigenvalue weighted by Crippen LogP contribution is 2.45. The summed E-state index contributed by atoms with van der Waals surface area (Å²) in [5, 5.41) is 16.6. The summed E-state index contributed by atoms with van der Waals surface area (Å²) in [7, 11) is 1.91. The van der Waals surface area contributed by atoms with E-state index in [2.05, 4.69) is 16.6 Å². The number of hydrogen-bond donors (Lipinski definition) is 1. The van der Waals surface area contributed by atoms with Crippen LogP contribution in [0.4, 0.5) is 5.69 Å². The average molecular weight is 660 g/mol. The molecule has 10 heteroatoms. The van der Waals surface area contributed by atoms with Gasteiger partial charge in [0.15, 0.2) is 0 Å². The summed E-state index contributed by atoms with van der Waals surface area (Å²) in [5.74, 6) is -0.464. The van der Waals surface area contributed by atoms with Crippen LogP contribution in [0.1, 0.15) is 68.3 Å². The topological polar surface area (TPSA) is 89.6 Å². The van der Waals surface area contributed by atoms with E-state index in [9.17, 15) is 14.7 Å². The van der Waals surface area contributed by atoms with Crippen LogP contribution < -0.4 is 9.64 Å². The quantitative estimate of drug-likeness (QED) is 0.169. The Labute approximate surface area is 278 Å². The van der Waals surface area contributed by atoms with Gasteiger partial charge in [-0.1, -0.05) is 35.3 Å². The Morgan fingerprint density at radius 1 is 1.04 bits per heavy atom. The molecule has 0 aliphatic carbocycles. The number of ether oxygens (including phenoxy) is 1. The lowest BCUT2D eigenvalue weighted by atomic mass is 9.98. The van der Waals surface area contributed by atoms with Gasteiger partial charge in [-0.05, 0) is 101 Å². The number of fused-ring (bicyclic) bond motifs is 3. The molecule has 1 N–H and O–H groups in total. The maximum Gasteiger partial charge on any atom is 0.335 e. The van der Waals surface area contributed by atoms with E-state index in [-0.39, 0.29) is 17.5 Å². The molecule has 0 saturated carbocycles. The molecule has 238 valence electrons. The molecule has 0 radical (unpaired) electrons. The van der Waals surface area contributed by atoms with Gasteiger partial charge in [0.25, 0.3) is 5.91 Å². The molecule has 1 aliphatic heterocycles. The number of carbonyl (C=O) groups is 2. The predicted octanol–water partition coefficient (Wildman–Crippen LogP) is 8.51. The summed E-state index contributed by atoms with van der Waals surface area (Å²) in [6.07, 6.45) is 1.24. The highest BCUT2D eigenvalue weighted by atomic mass is 35.5. The van der Waals surface area contributed by atoms with Crippen molar-refractivity contribution in [1.82, 2.24) is 14.3 Å². The zero-order valence-corrected chi connectivity index (χ0v) is 28.3. The van der Waals surface area contributed by atoms with Crippen LogP contribution in [-0.4, -0.2) is 44.5 Å². The van der Waals surface area contributed by atoms with Crippen molar-refractivity contribution in [2.45, 2.75) is 53.5 Å². The van der Waals surface area contributed by atoms with Crippen LogP contribution in [-0.2, 0) is 13.5 Å². The zero-order valence-electron chi connectivity index (χ0n) is 26.7. The summed E-state index contributed by atoms with van der Waals surface area (Å²) in [6, 6.07) is 14.2. The van der Waals surface area contributed by atoms with Crippen molar-refractivity contribution >= 4 is 51.7 Å². The molecule has 46 heavy (non-hydrogen) atoms. The van der Waals surface area contributed by atoms with E-state index < -0.39 is 5.97 Å². The Balaban J connectivity index is 1.48. The number of aromatic nitrogens is 3. The summed E-state index contributed by atoms with van der Waals surface area (Å²) in [5.41, 5.74) is 8.65. The van der Waals surface area contributed by atoms with Crippen molar-refractivity contribution in [3.63, 3.8) is 0 Å². The van der Waals surface area contributed by atoms with E-state index in [0.29, 0.717) is 42.4 Å². The molecule has 3 aromatic carbocycles. The fourth-order valence-electron chi connectivity index (χ4n) is 6.76. The maximum atomic E-state index is 14.5. The Morgan fingerprint density at radius 2 is 1.76 bits per heavy atom. The number of hydrogen-bond acceptors (Lipinski definition) is 4. The Hall–Kier alpha value is -4.27. The van der Waals surface area contributed by atoms with E-state index >= 15 is 0 Å². The van der Waals surface area contributed by atoms with E-state index in [1.807, 2.05) is 63.7 Å². The summed E-state index contributed by atoms with van der Waals surface area (Å²) >= 11 is 13.4. The SMILES string of the molecule is Cc1cc(OCCCc2c3n(c4c(-c5c(C)nn(C)c5C)c(Cl)ccc24)C(C)CN(c2cccc(C(=O)O)c2)C3=O)cc(C)c1Cl. The van der Waals surface area contributed by atoms with Crippen molar-refractivity contribution < 1.29 is 19.4 Å². The lowest BCUT2D eigenvalue weighted by Crippen LogP contribution is -2.42. The van der Waals surface area contributed by atoms with Gasteiger partial charge in [0, 0.05) is 52.6 Å². The Morgan fingerprint density at radius 3 is 2.41 bits per heavy atom. The van der Waals surface area contributed by atoms with Gasteiger partial charge < -0.3 is 19.3 Å². The van der Waals surface area contributed by atoms with E-state index in [1.165, 1.54) is 6.07 Å². The predicted molar refractivity (Wildman–Crippen MR) is 183 cm³/mol. The molecule has 0 saturated heterocycles. The number of carboxylic acids is 1. The van der Waals surface area contributed by atoms with Crippen LogP contribution >= 0.6 is 23.2 Å². The third-order valence-corrected chi connectivity index (χ3v) is 9.88. The lowest BCUT2D eigenvalue weighted by molar-refractivity contribution is 0.0696. The maximum absolute atomic E-state index is 14.5. The molecule has 1 aliphatic rings. The van der Waals surface area contributed by atoms with Gasteiger partial charge >= 0.3 is 5.97 Å². The van der Waals surface area contributed by atoms with Gasteiger partial charge in [-0.2, -0.15) is 5.10 Å². The third kappa shape index (κ3) is 5.33. The molecule has 1 unspecified atom stereocenters. The highest BCUT2D eigenvalue weighted by molar-refractivity contribution is 6.35. The van der Waals surface area contributed by atoms with E-state index in [1.54, 1.807) is 23.1 Å². The molecule has 3 heterocycles. The number of aromatic carboxylic acids is 1. The largest absolute Gasteiger partial charge is 0.494 e. The molecule has 1 atom stereocenters. The summed E-state index contributed by atoms with van der Waals surface area (Å²) in [6.45, 7) is 10.8. The van der Waals surface area contributed by atoms with Gasteiger partial charge in [-0.3, -0.25) is 9.48 Å². The molecule has 5 aromatic rings. The minimum atomic E-state index is -1.04. The molecule has 0 spiro atoms. The fourth-order valence-corrected chi connectivity index (χ4v) is 7.11. The molecule has 0 bridgehead atoms. The van der Waals surface area contributed by atoms with Crippen LogP contribution in [0.25, 0.3) is 22.0 Å². The first kappa shape index (κ1) is 31.7. The number of aryl methyl sites for hydroxylation is 5. The standard InChI is InChI=1S/C36H36Cl2N4O4/c1-19-15-26(16-20(2)32(19)38)46-14-8-11-27-28-12-13-29(37)31(30-22(4)39-40(6)23(30)5)33(28)42-21(3)18-41(35(43)34(27)42)25-10-7-9-24(17-25)36(44)45/h7,9-10,12-13,15-17,21H,8,11,14,18H2,1-6H3,(H,44,45).